The molecule has 2 aliphatic rings. The van der Waals surface area contributed by atoms with Crippen molar-refractivity contribution in [2.45, 2.75) is 12.8 Å². The molecule has 5 nitrogen and oxygen atoms in total. The minimum Gasteiger partial charge on any atom is -0.396 e. The van der Waals surface area contributed by atoms with Gasteiger partial charge in [0.2, 0.25) is 0 Å². The van der Waals surface area contributed by atoms with Gasteiger partial charge in [0.15, 0.2) is 11.5 Å². The summed E-state index contributed by atoms with van der Waals surface area (Å²) in [6.07, 6.45) is -0.783. The highest BCUT2D eigenvalue weighted by Crippen LogP contribution is 2.31. The van der Waals surface area contributed by atoms with Crippen molar-refractivity contribution in [1.29, 1.82) is 0 Å². The fourth-order valence-electron chi connectivity index (χ4n) is 0.856. The van der Waals surface area contributed by atoms with E-state index in [2.05, 4.69) is 14.2 Å². The molecule has 0 saturated carbocycles. The largest absolute Gasteiger partial charge is 0.523 e. The molecular formula is C6H4O5. The fourth-order valence-corrected chi connectivity index (χ4v) is 0.856. The van der Waals surface area contributed by atoms with E-state index in [0.29, 0.717) is 24.4 Å². The van der Waals surface area contributed by atoms with Crippen LogP contribution in [0, 0.1) is 0 Å². The lowest BCUT2D eigenvalue weighted by Gasteiger charge is -2.15. The van der Waals surface area contributed by atoms with E-state index in [-0.39, 0.29) is 0 Å². The number of carbonyl (C=O) groups excluding carboxylic acids is 2. The van der Waals surface area contributed by atoms with E-state index in [1.54, 1.807) is 0 Å². The standard InChI is InChI=1S/C6H4O5/c7-5-9-3-1-2-4(3)10-6(8)11-5/h1-2H2. The number of rotatable bonds is 0. The molecule has 0 unspecified atom stereocenters. The average molecular weight is 156 g/mol. The zero-order valence-corrected chi connectivity index (χ0v) is 5.46. The van der Waals surface area contributed by atoms with Gasteiger partial charge >= 0.3 is 12.3 Å². The maximum Gasteiger partial charge on any atom is 0.523 e. The highest BCUT2D eigenvalue weighted by Gasteiger charge is 2.31. The van der Waals surface area contributed by atoms with Gasteiger partial charge in [-0.15, -0.1) is 0 Å². The first-order valence-electron chi connectivity index (χ1n) is 3.09. The first-order chi connectivity index (χ1) is 5.25. The summed E-state index contributed by atoms with van der Waals surface area (Å²) in [7, 11) is 0. The predicted octanol–water partition coefficient (Wildman–Crippen LogP) is 1.30. The number of cyclic esters (lactones) is 2. The summed E-state index contributed by atoms with van der Waals surface area (Å²) in [5.74, 6) is 0.807. The molecule has 0 N–H and O–H groups in total. The summed E-state index contributed by atoms with van der Waals surface area (Å²) in [4.78, 5) is 21.0. The van der Waals surface area contributed by atoms with Crippen molar-refractivity contribution in [2.24, 2.45) is 0 Å². The van der Waals surface area contributed by atoms with Crippen LogP contribution in [0.4, 0.5) is 9.59 Å². The van der Waals surface area contributed by atoms with Crippen LogP contribution >= 0.6 is 0 Å². The lowest BCUT2D eigenvalue weighted by atomic mass is 10.1. The number of hydrogen-bond donors (Lipinski definition) is 0. The quantitative estimate of drug-likeness (QED) is 0.390. The molecule has 0 saturated heterocycles. The van der Waals surface area contributed by atoms with Gasteiger partial charge in [-0.2, -0.15) is 0 Å². The second-order valence-electron chi connectivity index (χ2n) is 2.15. The number of hydrogen-bond acceptors (Lipinski definition) is 5. The molecule has 0 aromatic carbocycles. The van der Waals surface area contributed by atoms with E-state index < -0.39 is 12.3 Å². The predicted molar refractivity (Wildman–Crippen MR) is 30.3 cm³/mol. The molecule has 1 aliphatic carbocycles. The maximum atomic E-state index is 10.5. The fraction of sp³-hybridized carbons (Fsp3) is 0.333. The van der Waals surface area contributed by atoms with Crippen molar-refractivity contribution >= 4 is 12.3 Å². The first kappa shape index (κ1) is 6.21. The molecule has 0 aromatic rings. The molecule has 1 heterocycles. The van der Waals surface area contributed by atoms with Gasteiger partial charge in [0.05, 0.1) is 0 Å². The Morgan fingerprint density at radius 2 is 1.27 bits per heavy atom. The Morgan fingerprint density at radius 1 is 0.818 bits per heavy atom. The summed E-state index contributed by atoms with van der Waals surface area (Å²) in [6, 6.07) is 0. The molecule has 0 radical (unpaired) electrons. The average Bonchev–Trinajstić information content (AvgIpc) is 1.99. The molecular weight excluding hydrogens is 152 g/mol. The SMILES string of the molecule is O=C1OC(=O)OC2=C(CC2)O1. The molecule has 0 spiro atoms. The maximum absolute atomic E-state index is 10.5. The van der Waals surface area contributed by atoms with Gasteiger partial charge < -0.3 is 14.2 Å². The van der Waals surface area contributed by atoms with Crippen molar-refractivity contribution < 1.29 is 23.8 Å². The minimum atomic E-state index is -1.01. The van der Waals surface area contributed by atoms with Crippen LogP contribution in [0.3, 0.4) is 0 Å². The molecule has 0 aromatic heterocycles. The third kappa shape index (κ3) is 0.938. The number of carbonyl (C=O) groups is 2. The summed E-state index contributed by atoms with van der Waals surface area (Å²) in [5.41, 5.74) is 0. The number of ether oxygens (including phenoxy) is 3. The van der Waals surface area contributed by atoms with E-state index in [1.165, 1.54) is 0 Å². The Kier molecular flexibility index (Phi) is 1.12. The molecule has 2 rings (SSSR count). The number of allylic oxidation sites excluding steroid dienone is 2. The summed E-state index contributed by atoms with van der Waals surface area (Å²) in [5, 5.41) is 0. The van der Waals surface area contributed by atoms with E-state index in [9.17, 15) is 9.59 Å². The van der Waals surface area contributed by atoms with Crippen LogP contribution in [-0.4, -0.2) is 12.3 Å². The zero-order chi connectivity index (χ0) is 7.84. The Labute approximate surface area is 61.5 Å². The van der Waals surface area contributed by atoms with Gasteiger partial charge in [0, 0.05) is 12.8 Å². The molecule has 58 valence electrons. The monoisotopic (exact) mass is 156 g/mol. The minimum absolute atomic E-state index is 0.404. The first-order valence-corrected chi connectivity index (χ1v) is 3.09. The van der Waals surface area contributed by atoms with E-state index in [0.717, 1.165) is 0 Å². The third-order valence-electron chi connectivity index (χ3n) is 1.47. The van der Waals surface area contributed by atoms with Gasteiger partial charge in [-0.3, -0.25) is 0 Å². The Balaban J connectivity index is 2.24. The van der Waals surface area contributed by atoms with Crippen molar-refractivity contribution in [2.75, 3.05) is 0 Å². The van der Waals surface area contributed by atoms with E-state index >= 15 is 0 Å². The molecule has 0 bridgehead atoms. The van der Waals surface area contributed by atoms with Crippen LogP contribution in [0.1, 0.15) is 12.8 Å². The Morgan fingerprint density at radius 3 is 1.64 bits per heavy atom. The van der Waals surface area contributed by atoms with Gasteiger partial charge in [-0.25, -0.2) is 9.59 Å². The van der Waals surface area contributed by atoms with E-state index in [4.69, 9.17) is 0 Å². The van der Waals surface area contributed by atoms with Crippen LogP contribution in [0.25, 0.3) is 0 Å². The highest BCUT2D eigenvalue weighted by atomic mass is 16.8. The van der Waals surface area contributed by atoms with Crippen molar-refractivity contribution in [3.05, 3.63) is 11.5 Å². The van der Waals surface area contributed by atoms with Crippen LogP contribution in [0.15, 0.2) is 11.5 Å². The lowest BCUT2D eigenvalue weighted by Crippen LogP contribution is -2.08. The smallest absolute Gasteiger partial charge is 0.396 e. The molecule has 5 heteroatoms. The second-order valence-corrected chi connectivity index (χ2v) is 2.15. The summed E-state index contributed by atoms with van der Waals surface area (Å²) in [6.45, 7) is 0. The normalized spacial score (nSPS) is 22.2. The van der Waals surface area contributed by atoms with Crippen LogP contribution in [0.5, 0.6) is 0 Å². The van der Waals surface area contributed by atoms with Gasteiger partial charge in [-0.05, 0) is 0 Å². The zero-order valence-electron chi connectivity index (χ0n) is 5.46. The molecule has 11 heavy (non-hydrogen) atoms. The summed E-state index contributed by atoms with van der Waals surface area (Å²) < 4.78 is 13.1. The third-order valence-corrected chi connectivity index (χ3v) is 1.47. The topological polar surface area (TPSA) is 61.8 Å². The van der Waals surface area contributed by atoms with Crippen molar-refractivity contribution in [1.82, 2.24) is 0 Å². The van der Waals surface area contributed by atoms with Crippen molar-refractivity contribution in [3.63, 3.8) is 0 Å². The molecule has 0 atom stereocenters. The lowest BCUT2D eigenvalue weighted by molar-refractivity contribution is 0.0801. The van der Waals surface area contributed by atoms with Gasteiger partial charge in [0.1, 0.15) is 0 Å². The van der Waals surface area contributed by atoms with Crippen LogP contribution in [0.2, 0.25) is 0 Å². The van der Waals surface area contributed by atoms with Gasteiger partial charge in [0.25, 0.3) is 0 Å². The van der Waals surface area contributed by atoms with E-state index in [1.807, 2.05) is 0 Å². The summed E-state index contributed by atoms with van der Waals surface area (Å²) >= 11 is 0. The highest BCUT2D eigenvalue weighted by molar-refractivity contribution is 5.79. The Hall–Kier alpha value is -1.52. The van der Waals surface area contributed by atoms with Gasteiger partial charge in [-0.1, -0.05) is 0 Å². The second kappa shape index (κ2) is 1.98. The van der Waals surface area contributed by atoms with Crippen molar-refractivity contribution in [3.8, 4) is 0 Å². The van der Waals surface area contributed by atoms with Crippen LogP contribution in [-0.2, 0) is 14.2 Å². The Bertz CT molecular complexity index is 238. The molecule has 0 amide bonds. The molecule has 1 aliphatic heterocycles. The van der Waals surface area contributed by atoms with Crippen LogP contribution < -0.4 is 0 Å². The molecule has 0 fully saturated rings.